The van der Waals surface area contributed by atoms with Crippen LogP contribution >= 0.6 is 12.2 Å². The lowest BCUT2D eigenvalue weighted by molar-refractivity contribution is 0.418. The predicted octanol–water partition coefficient (Wildman–Crippen LogP) is 3.87. The number of thiocarbonyl (C=S) groups is 1. The van der Waals surface area contributed by atoms with Gasteiger partial charge in [-0.15, -0.1) is 0 Å². The van der Waals surface area contributed by atoms with E-state index >= 15 is 0 Å². The number of anilines is 1. The molecule has 2 unspecified atom stereocenters. The van der Waals surface area contributed by atoms with Gasteiger partial charge in [-0.3, -0.25) is 4.98 Å². The van der Waals surface area contributed by atoms with Crippen LogP contribution in [-0.2, 0) is 0 Å². The number of furan rings is 1. The molecule has 1 saturated heterocycles. The van der Waals surface area contributed by atoms with Crippen LogP contribution in [-0.4, -0.2) is 15.2 Å². The van der Waals surface area contributed by atoms with E-state index in [1.54, 1.807) is 18.3 Å². The molecule has 2 aromatic heterocycles. The molecule has 4 rings (SSSR count). The molecule has 2 atom stereocenters. The highest BCUT2D eigenvalue weighted by Gasteiger charge is 2.42. The second-order valence-corrected chi connectivity index (χ2v) is 6.35. The van der Waals surface area contributed by atoms with E-state index < -0.39 is 0 Å². The first-order chi connectivity index (χ1) is 12.1. The average molecular weight is 351 g/mol. The first-order valence-corrected chi connectivity index (χ1v) is 8.40. The van der Waals surface area contributed by atoms with Gasteiger partial charge in [0.15, 0.2) is 5.11 Å². The van der Waals surface area contributed by atoms with E-state index in [0.29, 0.717) is 5.11 Å². The number of aromatic nitrogens is 1. The van der Waals surface area contributed by atoms with Crippen molar-refractivity contribution in [1.29, 1.82) is 0 Å². The second-order valence-electron chi connectivity index (χ2n) is 5.96. The Morgan fingerprint density at radius 2 is 1.92 bits per heavy atom. The van der Waals surface area contributed by atoms with Gasteiger partial charge in [0.1, 0.15) is 23.3 Å². The van der Waals surface area contributed by atoms with E-state index in [-0.39, 0.29) is 17.8 Å². The maximum absolute atomic E-state index is 9.59. The number of hydrogen-bond donors (Lipinski definition) is 2. The maximum Gasteiger partial charge on any atom is 0.174 e. The van der Waals surface area contributed by atoms with Crippen LogP contribution in [0.4, 0.5) is 5.69 Å². The molecule has 3 heterocycles. The highest BCUT2D eigenvalue weighted by atomic mass is 32.1. The van der Waals surface area contributed by atoms with Crippen molar-refractivity contribution in [2.45, 2.75) is 19.0 Å². The number of benzene rings is 1. The number of pyridine rings is 1. The SMILES string of the molecule is Cc1ccc(C2C(c3ccccn3)NC(=S)N2c2ccc(O)cc2)o1. The Morgan fingerprint density at radius 3 is 2.56 bits per heavy atom. The number of rotatable bonds is 3. The van der Waals surface area contributed by atoms with E-state index in [1.807, 2.05) is 54.3 Å². The quantitative estimate of drug-likeness (QED) is 0.699. The summed E-state index contributed by atoms with van der Waals surface area (Å²) in [6, 6.07) is 16.4. The van der Waals surface area contributed by atoms with Gasteiger partial charge < -0.3 is 19.7 Å². The van der Waals surface area contributed by atoms with Gasteiger partial charge in [-0.25, -0.2) is 0 Å². The summed E-state index contributed by atoms with van der Waals surface area (Å²) in [5, 5.41) is 13.5. The summed E-state index contributed by atoms with van der Waals surface area (Å²) in [5.74, 6) is 1.88. The molecule has 0 spiro atoms. The lowest BCUT2D eigenvalue weighted by Crippen LogP contribution is -2.29. The molecule has 25 heavy (non-hydrogen) atoms. The Hall–Kier alpha value is -2.86. The van der Waals surface area contributed by atoms with Crippen molar-refractivity contribution < 1.29 is 9.52 Å². The third-order valence-corrected chi connectivity index (χ3v) is 4.59. The van der Waals surface area contributed by atoms with Gasteiger partial charge in [0, 0.05) is 11.9 Å². The summed E-state index contributed by atoms with van der Waals surface area (Å²) in [4.78, 5) is 6.50. The van der Waals surface area contributed by atoms with E-state index in [0.717, 1.165) is 22.9 Å². The van der Waals surface area contributed by atoms with Crippen LogP contribution in [0.15, 0.2) is 65.2 Å². The Morgan fingerprint density at radius 1 is 1.12 bits per heavy atom. The zero-order valence-electron chi connectivity index (χ0n) is 13.6. The van der Waals surface area contributed by atoms with Gasteiger partial charge in [-0.1, -0.05) is 6.07 Å². The third kappa shape index (κ3) is 2.85. The molecular formula is C19H17N3O2S. The summed E-state index contributed by atoms with van der Waals surface area (Å²) < 4.78 is 5.92. The molecule has 1 aliphatic heterocycles. The number of nitrogens with one attached hydrogen (secondary N) is 1. The highest BCUT2D eigenvalue weighted by Crippen LogP contribution is 2.42. The molecule has 0 aliphatic carbocycles. The Kier molecular flexibility index (Phi) is 3.89. The minimum Gasteiger partial charge on any atom is -0.508 e. The summed E-state index contributed by atoms with van der Waals surface area (Å²) in [6.45, 7) is 1.92. The number of aromatic hydroxyl groups is 1. The van der Waals surface area contributed by atoms with Gasteiger partial charge in [0.05, 0.1) is 11.7 Å². The summed E-state index contributed by atoms with van der Waals surface area (Å²) in [6.07, 6.45) is 1.77. The molecular weight excluding hydrogens is 334 g/mol. The zero-order chi connectivity index (χ0) is 17.4. The maximum atomic E-state index is 9.59. The molecule has 3 aromatic rings. The summed E-state index contributed by atoms with van der Waals surface area (Å²) >= 11 is 5.60. The van der Waals surface area contributed by atoms with Crippen LogP contribution in [0.3, 0.4) is 0 Å². The number of phenols is 1. The molecule has 2 N–H and O–H groups in total. The largest absolute Gasteiger partial charge is 0.508 e. The van der Waals surface area contributed by atoms with Crippen LogP contribution < -0.4 is 10.2 Å². The van der Waals surface area contributed by atoms with Crippen LogP contribution in [0.25, 0.3) is 0 Å². The number of nitrogens with zero attached hydrogens (tertiary/aromatic N) is 2. The highest BCUT2D eigenvalue weighted by molar-refractivity contribution is 7.80. The van der Waals surface area contributed by atoms with Crippen molar-refractivity contribution in [3.8, 4) is 5.75 Å². The first kappa shape index (κ1) is 15.7. The predicted molar refractivity (Wildman–Crippen MR) is 99.5 cm³/mol. The Labute approximate surface area is 150 Å². The van der Waals surface area contributed by atoms with Crippen LogP contribution in [0.5, 0.6) is 5.75 Å². The van der Waals surface area contributed by atoms with Gasteiger partial charge >= 0.3 is 0 Å². The molecule has 1 aliphatic rings. The molecule has 0 bridgehead atoms. The van der Waals surface area contributed by atoms with Crippen molar-refractivity contribution in [1.82, 2.24) is 10.3 Å². The third-order valence-electron chi connectivity index (χ3n) is 4.28. The van der Waals surface area contributed by atoms with Gasteiger partial charge in [0.2, 0.25) is 0 Å². The smallest absolute Gasteiger partial charge is 0.174 e. The van der Waals surface area contributed by atoms with Crippen LogP contribution in [0.1, 0.15) is 29.3 Å². The van der Waals surface area contributed by atoms with Crippen molar-refractivity contribution in [3.05, 3.63) is 78.0 Å². The summed E-state index contributed by atoms with van der Waals surface area (Å²) in [5.41, 5.74) is 1.78. The minimum absolute atomic E-state index is 0.131. The van der Waals surface area contributed by atoms with Gasteiger partial charge in [0.25, 0.3) is 0 Å². The molecule has 6 heteroatoms. The normalized spacial score (nSPS) is 19.9. The van der Waals surface area contributed by atoms with E-state index in [9.17, 15) is 5.11 Å². The minimum atomic E-state index is -0.166. The zero-order valence-corrected chi connectivity index (χ0v) is 14.4. The van der Waals surface area contributed by atoms with Crippen molar-refractivity contribution >= 4 is 23.0 Å². The van der Waals surface area contributed by atoms with Crippen LogP contribution in [0.2, 0.25) is 0 Å². The standard InChI is InChI=1S/C19H17N3O2S/c1-12-5-10-16(24-12)18-17(15-4-2-3-11-20-15)21-19(25)22(18)13-6-8-14(23)9-7-13/h2-11,17-18,23H,1H3,(H,21,25). The number of phenolic OH excluding ortho intramolecular Hbond substituents is 1. The van der Waals surface area contributed by atoms with Crippen molar-refractivity contribution in [2.75, 3.05) is 4.90 Å². The number of aryl methyl sites for hydroxylation is 1. The Bertz CT molecular complexity index is 893. The molecule has 126 valence electrons. The lowest BCUT2D eigenvalue weighted by atomic mass is 10.0. The monoisotopic (exact) mass is 351 g/mol. The molecule has 0 saturated carbocycles. The molecule has 1 aromatic carbocycles. The lowest BCUT2D eigenvalue weighted by Gasteiger charge is -2.26. The molecule has 5 nitrogen and oxygen atoms in total. The molecule has 1 fully saturated rings. The van der Waals surface area contributed by atoms with E-state index in [4.69, 9.17) is 16.6 Å². The van der Waals surface area contributed by atoms with E-state index in [1.165, 1.54) is 0 Å². The average Bonchev–Trinajstić information content (AvgIpc) is 3.20. The Balaban J connectivity index is 1.81. The summed E-state index contributed by atoms with van der Waals surface area (Å²) in [7, 11) is 0. The van der Waals surface area contributed by atoms with Gasteiger partial charge in [-0.2, -0.15) is 0 Å². The molecule has 0 amide bonds. The van der Waals surface area contributed by atoms with Gasteiger partial charge in [-0.05, 0) is 67.7 Å². The first-order valence-electron chi connectivity index (χ1n) is 7.99. The van der Waals surface area contributed by atoms with Crippen LogP contribution in [0, 0.1) is 6.92 Å². The second kappa shape index (κ2) is 6.22. The van der Waals surface area contributed by atoms with Crippen molar-refractivity contribution in [3.63, 3.8) is 0 Å². The fourth-order valence-electron chi connectivity index (χ4n) is 3.15. The molecule has 0 radical (unpaired) electrons. The number of hydrogen-bond acceptors (Lipinski definition) is 4. The van der Waals surface area contributed by atoms with Crippen molar-refractivity contribution in [2.24, 2.45) is 0 Å². The fourth-order valence-corrected chi connectivity index (χ4v) is 3.49. The van der Waals surface area contributed by atoms with E-state index in [2.05, 4.69) is 10.3 Å². The fraction of sp³-hybridized carbons (Fsp3) is 0.158. The topological polar surface area (TPSA) is 61.5 Å².